The average Bonchev–Trinajstić information content (AvgIpc) is 2.46. The van der Waals surface area contributed by atoms with Gasteiger partial charge < -0.3 is 19.9 Å². The van der Waals surface area contributed by atoms with Gasteiger partial charge in [0.2, 0.25) is 0 Å². The number of aromatic hydroxyl groups is 1. The molecular formula is C15H16ClNO3. The number of benzene rings is 2. The lowest BCUT2D eigenvalue weighted by Crippen LogP contribution is -2.02. The minimum absolute atomic E-state index is 0.249. The second kappa shape index (κ2) is 6.39. The Labute approximate surface area is 122 Å². The summed E-state index contributed by atoms with van der Waals surface area (Å²) in [6, 6.07) is 10.5. The number of phenolic OH excluding ortho intramolecular Hbond substituents is 1. The maximum absolute atomic E-state index is 9.25. The number of hydrogen-bond acceptors (Lipinski definition) is 4. The quantitative estimate of drug-likeness (QED) is 0.883. The molecule has 0 aliphatic carbocycles. The van der Waals surface area contributed by atoms with Crippen LogP contribution < -0.4 is 14.8 Å². The molecule has 20 heavy (non-hydrogen) atoms. The van der Waals surface area contributed by atoms with Gasteiger partial charge in [-0.25, -0.2) is 0 Å². The van der Waals surface area contributed by atoms with Crippen LogP contribution in [-0.4, -0.2) is 19.3 Å². The van der Waals surface area contributed by atoms with E-state index in [2.05, 4.69) is 5.32 Å². The summed E-state index contributed by atoms with van der Waals surface area (Å²) in [5.74, 6) is 1.47. The number of anilines is 1. The fourth-order valence-corrected chi connectivity index (χ4v) is 2.05. The van der Waals surface area contributed by atoms with Crippen LogP contribution in [0.3, 0.4) is 0 Å². The number of ether oxygens (including phenoxy) is 2. The summed E-state index contributed by atoms with van der Waals surface area (Å²) in [5, 5.41) is 13.0. The first-order valence-corrected chi connectivity index (χ1v) is 6.45. The summed E-state index contributed by atoms with van der Waals surface area (Å²) < 4.78 is 10.5. The lowest BCUT2D eigenvalue weighted by molar-refractivity contribution is 0.395. The summed E-state index contributed by atoms with van der Waals surface area (Å²) in [6.07, 6.45) is 0. The lowest BCUT2D eigenvalue weighted by Gasteiger charge is -2.14. The van der Waals surface area contributed by atoms with Crippen LogP contribution in [0.5, 0.6) is 17.2 Å². The lowest BCUT2D eigenvalue weighted by atomic mass is 10.2. The number of rotatable bonds is 5. The Morgan fingerprint density at radius 1 is 1.05 bits per heavy atom. The van der Waals surface area contributed by atoms with Crippen LogP contribution in [0, 0.1) is 0 Å². The van der Waals surface area contributed by atoms with Gasteiger partial charge in [-0.15, -0.1) is 0 Å². The minimum Gasteiger partial charge on any atom is -0.508 e. The molecular weight excluding hydrogens is 278 g/mol. The number of hydrogen-bond donors (Lipinski definition) is 2. The third-order valence-electron chi connectivity index (χ3n) is 2.89. The predicted octanol–water partition coefficient (Wildman–Crippen LogP) is 3.67. The van der Waals surface area contributed by atoms with E-state index in [0.717, 1.165) is 11.3 Å². The van der Waals surface area contributed by atoms with E-state index < -0.39 is 0 Å². The van der Waals surface area contributed by atoms with Gasteiger partial charge in [0.15, 0.2) is 0 Å². The van der Waals surface area contributed by atoms with Crippen LogP contribution in [0.4, 0.5) is 5.69 Å². The first-order valence-electron chi connectivity index (χ1n) is 6.07. The van der Waals surface area contributed by atoms with Crippen molar-refractivity contribution < 1.29 is 14.6 Å². The topological polar surface area (TPSA) is 50.7 Å². The third-order valence-corrected chi connectivity index (χ3v) is 3.19. The highest BCUT2D eigenvalue weighted by molar-refractivity contribution is 6.32. The Morgan fingerprint density at radius 3 is 2.30 bits per heavy atom. The molecule has 2 rings (SSSR count). The molecule has 0 atom stereocenters. The number of halogens is 1. The van der Waals surface area contributed by atoms with Crippen molar-refractivity contribution in [1.29, 1.82) is 0 Å². The maximum atomic E-state index is 9.25. The number of nitrogens with one attached hydrogen (secondary N) is 1. The van der Waals surface area contributed by atoms with Crippen molar-refractivity contribution in [1.82, 2.24) is 0 Å². The fraction of sp³-hybridized carbons (Fsp3) is 0.200. The van der Waals surface area contributed by atoms with Gasteiger partial charge in [0.1, 0.15) is 17.2 Å². The number of phenols is 1. The fourth-order valence-electron chi connectivity index (χ4n) is 1.81. The van der Waals surface area contributed by atoms with Crippen molar-refractivity contribution in [2.45, 2.75) is 6.54 Å². The van der Waals surface area contributed by atoms with Gasteiger partial charge in [-0.3, -0.25) is 0 Å². The van der Waals surface area contributed by atoms with Crippen molar-refractivity contribution >= 4 is 17.3 Å². The second-order valence-corrected chi connectivity index (χ2v) is 4.61. The molecule has 0 aromatic heterocycles. The standard InChI is InChI=1S/C15H16ClNO3/c1-19-14-8-15(20-2)13(7-12(14)16)17-9-10-3-5-11(18)6-4-10/h3-8,17-18H,9H2,1-2H3. The Morgan fingerprint density at radius 2 is 1.70 bits per heavy atom. The van der Waals surface area contributed by atoms with E-state index in [0.29, 0.717) is 23.1 Å². The summed E-state index contributed by atoms with van der Waals surface area (Å²) in [7, 11) is 3.15. The molecule has 0 heterocycles. The van der Waals surface area contributed by atoms with Gasteiger partial charge in [-0.2, -0.15) is 0 Å². The van der Waals surface area contributed by atoms with Gasteiger partial charge in [-0.05, 0) is 23.8 Å². The highest BCUT2D eigenvalue weighted by atomic mass is 35.5. The zero-order valence-electron chi connectivity index (χ0n) is 11.3. The Kier molecular flexibility index (Phi) is 4.58. The Hall–Kier alpha value is -2.07. The normalized spacial score (nSPS) is 10.2. The van der Waals surface area contributed by atoms with E-state index >= 15 is 0 Å². The van der Waals surface area contributed by atoms with E-state index in [-0.39, 0.29) is 5.75 Å². The monoisotopic (exact) mass is 293 g/mol. The summed E-state index contributed by atoms with van der Waals surface area (Å²) in [4.78, 5) is 0. The average molecular weight is 294 g/mol. The molecule has 0 bridgehead atoms. The highest BCUT2D eigenvalue weighted by Gasteiger charge is 2.09. The van der Waals surface area contributed by atoms with Crippen LogP contribution in [0.15, 0.2) is 36.4 Å². The van der Waals surface area contributed by atoms with Crippen LogP contribution in [0.2, 0.25) is 5.02 Å². The molecule has 0 fully saturated rings. The van der Waals surface area contributed by atoms with Gasteiger partial charge in [-0.1, -0.05) is 23.7 Å². The summed E-state index contributed by atoms with van der Waals surface area (Å²) >= 11 is 6.11. The van der Waals surface area contributed by atoms with Gasteiger partial charge in [0.25, 0.3) is 0 Å². The predicted molar refractivity (Wildman–Crippen MR) is 80.0 cm³/mol. The van der Waals surface area contributed by atoms with Crippen molar-refractivity contribution in [3.63, 3.8) is 0 Å². The van der Waals surface area contributed by atoms with Crippen molar-refractivity contribution in [3.05, 3.63) is 47.0 Å². The summed E-state index contributed by atoms with van der Waals surface area (Å²) in [5.41, 5.74) is 1.82. The molecule has 0 aliphatic rings. The van der Waals surface area contributed by atoms with E-state index in [1.165, 1.54) is 0 Å². The van der Waals surface area contributed by atoms with E-state index in [9.17, 15) is 5.11 Å². The van der Waals surface area contributed by atoms with Crippen molar-refractivity contribution in [2.24, 2.45) is 0 Å². The SMILES string of the molecule is COc1cc(OC)c(NCc2ccc(O)cc2)cc1Cl. The van der Waals surface area contributed by atoms with Gasteiger partial charge >= 0.3 is 0 Å². The van der Waals surface area contributed by atoms with Crippen LogP contribution in [0.25, 0.3) is 0 Å². The van der Waals surface area contributed by atoms with Gasteiger partial charge in [0.05, 0.1) is 24.9 Å². The van der Waals surface area contributed by atoms with Crippen LogP contribution in [-0.2, 0) is 6.54 Å². The smallest absolute Gasteiger partial charge is 0.145 e. The second-order valence-electron chi connectivity index (χ2n) is 4.21. The van der Waals surface area contributed by atoms with Gasteiger partial charge in [0, 0.05) is 12.6 Å². The van der Waals surface area contributed by atoms with Crippen LogP contribution >= 0.6 is 11.6 Å². The molecule has 2 aromatic carbocycles. The largest absolute Gasteiger partial charge is 0.508 e. The highest BCUT2D eigenvalue weighted by Crippen LogP contribution is 2.36. The zero-order chi connectivity index (χ0) is 14.5. The van der Waals surface area contributed by atoms with Crippen molar-refractivity contribution in [3.8, 4) is 17.2 Å². The third kappa shape index (κ3) is 3.27. The number of methoxy groups -OCH3 is 2. The molecule has 0 aliphatic heterocycles. The molecule has 106 valence electrons. The zero-order valence-corrected chi connectivity index (χ0v) is 12.1. The molecule has 0 saturated carbocycles. The molecule has 5 heteroatoms. The van der Waals surface area contributed by atoms with E-state index in [1.54, 1.807) is 38.5 Å². The van der Waals surface area contributed by atoms with E-state index in [4.69, 9.17) is 21.1 Å². The molecule has 0 unspecified atom stereocenters. The van der Waals surface area contributed by atoms with Crippen LogP contribution in [0.1, 0.15) is 5.56 Å². The van der Waals surface area contributed by atoms with Crippen molar-refractivity contribution in [2.75, 3.05) is 19.5 Å². The Bertz CT molecular complexity index is 584. The Balaban J connectivity index is 2.16. The summed E-state index contributed by atoms with van der Waals surface area (Å²) in [6.45, 7) is 0.597. The molecule has 0 radical (unpaired) electrons. The molecule has 2 N–H and O–H groups in total. The minimum atomic E-state index is 0.249. The first kappa shape index (κ1) is 14.3. The maximum Gasteiger partial charge on any atom is 0.145 e. The molecule has 0 spiro atoms. The molecule has 4 nitrogen and oxygen atoms in total. The molecule has 0 saturated heterocycles. The van der Waals surface area contributed by atoms with E-state index in [1.807, 2.05) is 12.1 Å². The molecule has 2 aromatic rings. The first-order chi connectivity index (χ1) is 9.63. The molecule has 0 amide bonds.